The van der Waals surface area contributed by atoms with Crippen LogP contribution in [-0.4, -0.2) is 17.6 Å². The maximum absolute atomic E-state index is 13.4. The number of anilines is 1. The highest BCUT2D eigenvalue weighted by molar-refractivity contribution is 6.31. The van der Waals surface area contributed by atoms with E-state index in [1.165, 1.54) is 29.0 Å². The van der Waals surface area contributed by atoms with Gasteiger partial charge in [0.1, 0.15) is 11.6 Å². The van der Waals surface area contributed by atoms with E-state index >= 15 is 0 Å². The molecular formula is C23H16ClFN2O3. The molecule has 0 bridgehead atoms. The smallest absolute Gasteiger partial charge is 0.262 e. The van der Waals surface area contributed by atoms with Gasteiger partial charge in [0.05, 0.1) is 17.7 Å². The van der Waals surface area contributed by atoms with Crippen LogP contribution in [0.3, 0.4) is 0 Å². The predicted molar refractivity (Wildman–Crippen MR) is 115 cm³/mol. The lowest BCUT2D eigenvalue weighted by atomic mass is 10.1. The van der Waals surface area contributed by atoms with Crippen molar-refractivity contribution in [3.8, 4) is 11.4 Å². The second-order valence-electron chi connectivity index (χ2n) is 6.54. The van der Waals surface area contributed by atoms with Crippen molar-refractivity contribution in [3.63, 3.8) is 0 Å². The number of hydrogen-bond donors (Lipinski definition) is 1. The van der Waals surface area contributed by atoms with E-state index in [4.69, 9.17) is 16.3 Å². The van der Waals surface area contributed by atoms with Crippen LogP contribution in [0.4, 0.5) is 10.1 Å². The Balaban J connectivity index is 1.83. The number of pyridine rings is 1. The van der Waals surface area contributed by atoms with Crippen LogP contribution in [-0.2, 0) is 0 Å². The molecule has 7 heteroatoms. The van der Waals surface area contributed by atoms with Crippen LogP contribution in [0.2, 0.25) is 5.02 Å². The molecule has 0 radical (unpaired) electrons. The minimum atomic E-state index is -0.576. The van der Waals surface area contributed by atoms with Crippen LogP contribution in [0, 0.1) is 5.82 Å². The lowest BCUT2D eigenvalue weighted by Crippen LogP contribution is -2.22. The van der Waals surface area contributed by atoms with Gasteiger partial charge in [0.2, 0.25) is 0 Å². The lowest BCUT2D eigenvalue weighted by Gasteiger charge is -2.13. The summed E-state index contributed by atoms with van der Waals surface area (Å²) >= 11 is 5.81. The molecule has 4 rings (SSSR count). The number of benzene rings is 3. The van der Waals surface area contributed by atoms with Gasteiger partial charge >= 0.3 is 0 Å². The molecule has 0 aliphatic heterocycles. The summed E-state index contributed by atoms with van der Waals surface area (Å²) in [7, 11) is 1.56. The first-order valence-electron chi connectivity index (χ1n) is 9.03. The van der Waals surface area contributed by atoms with Crippen molar-refractivity contribution < 1.29 is 13.9 Å². The van der Waals surface area contributed by atoms with E-state index in [1.54, 1.807) is 55.6 Å². The van der Waals surface area contributed by atoms with Crippen LogP contribution in [0.1, 0.15) is 10.4 Å². The van der Waals surface area contributed by atoms with Crippen molar-refractivity contribution in [1.82, 2.24) is 4.57 Å². The average molecular weight is 423 g/mol. The molecule has 1 aromatic heterocycles. The Morgan fingerprint density at radius 3 is 2.40 bits per heavy atom. The van der Waals surface area contributed by atoms with Crippen LogP contribution < -0.4 is 15.6 Å². The van der Waals surface area contributed by atoms with Crippen molar-refractivity contribution >= 4 is 34.0 Å². The van der Waals surface area contributed by atoms with Gasteiger partial charge in [-0.1, -0.05) is 29.8 Å². The number of halogens is 2. The minimum Gasteiger partial charge on any atom is -0.497 e. The van der Waals surface area contributed by atoms with Crippen molar-refractivity contribution in [2.24, 2.45) is 0 Å². The Hall–Kier alpha value is -3.64. The van der Waals surface area contributed by atoms with Crippen LogP contribution >= 0.6 is 11.6 Å². The number of carbonyl (C=O) groups excluding carboxylic acids is 1. The van der Waals surface area contributed by atoms with E-state index in [1.807, 2.05) is 0 Å². The minimum absolute atomic E-state index is 0.0964. The Labute approximate surface area is 176 Å². The lowest BCUT2D eigenvalue weighted by molar-refractivity contribution is 0.102. The quantitative estimate of drug-likeness (QED) is 0.501. The predicted octanol–water partition coefficient (Wildman–Crippen LogP) is 5.04. The van der Waals surface area contributed by atoms with E-state index in [9.17, 15) is 14.0 Å². The maximum atomic E-state index is 13.4. The van der Waals surface area contributed by atoms with Crippen LogP contribution in [0.5, 0.6) is 5.75 Å². The van der Waals surface area contributed by atoms with E-state index in [-0.39, 0.29) is 10.6 Å². The van der Waals surface area contributed by atoms with Crippen molar-refractivity contribution in [1.29, 1.82) is 0 Å². The summed E-state index contributed by atoms with van der Waals surface area (Å²) in [5.74, 6) is -0.372. The first kappa shape index (κ1) is 19.7. The molecule has 5 nitrogen and oxygen atoms in total. The zero-order valence-electron chi connectivity index (χ0n) is 15.9. The Bertz CT molecular complexity index is 1320. The van der Waals surface area contributed by atoms with Crippen molar-refractivity contribution in [2.45, 2.75) is 0 Å². The summed E-state index contributed by atoms with van der Waals surface area (Å²) in [6.07, 6.45) is 1.49. The van der Waals surface area contributed by atoms with Crippen molar-refractivity contribution in [3.05, 3.63) is 99.7 Å². The molecular weight excluding hydrogens is 407 g/mol. The summed E-state index contributed by atoms with van der Waals surface area (Å²) in [6, 6.07) is 17.7. The third-order valence-corrected chi connectivity index (χ3v) is 4.99. The third kappa shape index (κ3) is 3.65. The zero-order valence-corrected chi connectivity index (χ0v) is 16.6. The summed E-state index contributed by atoms with van der Waals surface area (Å²) in [5, 5.41) is 3.53. The molecule has 1 heterocycles. The molecule has 1 N–H and O–H groups in total. The molecule has 0 aliphatic carbocycles. The van der Waals surface area contributed by atoms with Gasteiger partial charge in [0, 0.05) is 28.3 Å². The number of nitrogens with one attached hydrogen (secondary N) is 1. The number of amides is 1. The summed E-state index contributed by atoms with van der Waals surface area (Å²) in [6.45, 7) is 0. The molecule has 0 fully saturated rings. The number of ether oxygens (including phenoxy) is 1. The normalized spacial score (nSPS) is 10.8. The monoisotopic (exact) mass is 422 g/mol. The molecule has 150 valence electrons. The van der Waals surface area contributed by atoms with Crippen LogP contribution in [0.15, 0.2) is 77.7 Å². The SMILES string of the molecule is COc1ccc(-n2cc(C(=O)Nc3ccc(F)c(Cl)c3)c3ccccc3c2=O)cc1. The van der Waals surface area contributed by atoms with E-state index in [0.717, 1.165) is 0 Å². The molecule has 0 aliphatic rings. The molecule has 0 atom stereocenters. The first-order valence-corrected chi connectivity index (χ1v) is 9.41. The summed E-state index contributed by atoms with van der Waals surface area (Å²) in [5.41, 5.74) is 0.974. The molecule has 1 amide bonds. The number of rotatable bonds is 4. The number of methoxy groups -OCH3 is 1. The Morgan fingerprint density at radius 1 is 1.03 bits per heavy atom. The van der Waals surface area contributed by atoms with E-state index in [0.29, 0.717) is 33.5 Å². The summed E-state index contributed by atoms with van der Waals surface area (Å²) < 4.78 is 20.0. The number of aromatic nitrogens is 1. The van der Waals surface area contributed by atoms with Gasteiger partial charge in [-0.3, -0.25) is 14.2 Å². The fourth-order valence-electron chi connectivity index (χ4n) is 3.18. The second kappa shape index (κ2) is 8.00. The standard InChI is InChI=1S/C23H16ClFN2O3/c1-30-16-9-7-15(8-10-16)27-13-19(17-4-2-3-5-18(17)23(27)29)22(28)26-14-6-11-21(25)20(24)12-14/h2-13H,1H3,(H,26,28). The van der Waals surface area contributed by atoms with Gasteiger partial charge in [0.15, 0.2) is 0 Å². The van der Waals surface area contributed by atoms with Gasteiger partial charge in [-0.15, -0.1) is 0 Å². The topological polar surface area (TPSA) is 60.3 Å². The van der Waals surface area contributed by atoms with Crippen LogP contribution in [0.25, 0.3) is 16.5 Å². The fraction of sp³-hybridized carbons (Fsp3) is 0.0435. The third-order valence-electron chi connectivity index (χ3n) is 4.70. The van der Waals surface area contributed by atoms with Gasteiger partial charge < -0.3 is 10.1 Å². The molecule has 3 aromatic carbocycles. The average Bonchev–Trinajstić information content (AvgIpc) is 2.77. The summed E-state index contributed by atoms with van der Waals surface area (Å²) in [4.78, 5) is 26.1. The Kier molecular flexibility index (Phi) is 5.25. The molecule has 4 aromatic rings. The molecule has 0 saturated heterocycles. The highest BCUT2D eigenvalue weighted by atomic mass is 35.5. The van der Waals surface area contributed by atoms with Gasteiger partial charge in [-0.2, -0.15) is 0 Å². The maximum Gasteiger partial charge on any atom is 0.262 e. The number of nitrogens with zero attached hydrogens (tertiary/aromatic N) is 1. The Morgan fingerprint density at radius 2 is 1.73 bits per heavy atom. The molecule has 30 heavy (non-hydrogen) atoms. The molecule has 0 spiro atoms. The second-order valence-corrected chi connectivity index (χ2v) is 6.95. The fourth-order valence-corrected chi connectivity index (χ4v) is 3.36. The van der Waals surface area contributed by atoms with Gasteiger partial charge in [-0.05, 0) is 48.5 Å². The number of fused-ring (bicyclic) bond motifs is 1. The van der Waals surface area contributed by atoms with E-state index in [2.05, 4.69) is 5.32 Å². The van der Waals surface area contributed by atoms with Crippen molar-refractivity contribution in [2.75, 3.05) is 12.4 Å². The molecule has 0 unspecified atom stereocenters. The number of carbonyl (C=O) groups is 1. The first-order chi connectivity index (χ1) is 14.5. The molecule has 0 saturated carbocycles. The highest BCUT2D eigenvalue weighted by Gasteiger charge is 2.16. The van der Waals surface area contributed by atoms with Gasteiger partial charge in [-0.25, -0.2) is 4.39 Å². The zero-order chi connectivity index (χ0) is 21.3. The largest absolute Gasteiger partial charge is 0.497 e. The van der Waals surface area contributed by atoms with E-state index < -0.39 is 11.7 Å². The highest BCUT2D eigenvalue weighted by Crippen LogP contribution is 2.23. The number of hydrogen-bond acceptors (Lipinski definition) is 3. The van der Waals surface area contributed by atoms with Gasteiger partial charge in [0.25, 0.3) is 11.5 Å².